The van der Waals surface area contributed by atoms with Gasteiger partial charge >= 0.3 is 0 Å². The number of nitrogens with zero attached hydrogens (tertiary/aromatic N) is 4. The molecule has 0 aliphatic carbocycles. The SMILES string of the molecule is CCn1c(CC(C)N)nnc1N1CCCC1. The Kier molecular flexibility index (Phi) is 3.43. The number of nitrogens with two attached hydrogens (primary N) is 1. The molecule has 0 aromatic carbocycles. The molecule has 1 fully saturated rings. The third-order valence-electron chi connectivity index (χ3n) is 3.02. The Balaban J connectivity index is 2.21. The van der Waals surface area contributed by atoms with E-state index in [4.69, 9.17) is 5.73 Å². The van der Waals surface area contributed by atoms with E-state index >= 15 is 0 Å². The second-order valence-corrected chi connectivity index (χ2v) is 4.54. The first-order chi connectivity index (χ1) is 7.72. The second kappa shape index (κ2) is 4.82. The summed E-state index contributed by atoms with van der Waals surface area (Å²) in [6, 6.07) is 0.140. The molecule has 0 saturated carbocycles. The summed E-state index contributed by atoms with van der Waals surface area (Å²) in [6.45, 7) is 7.27. The summed E-state index contributed by atoms with van der Waals surface area (Å²) >= 11 is 0. The van der Waals surface area contributed by atoms with Crippen molar-refractivity contribution < 1.29 is 0 Å². The molecule has 1 saturated heterocycles. The van der Waals surface area contributed by atoms with Crippen molar-refractivity contribution >= 4 is 5.95 Å². The van der Waals surface area contributed by atoms with Gasteiger partial charge in [-0.3, -0.25) is 4.57 Å². The van der Waals surface area contributed by atoms with E-state index in [1.807, 2.05) is 6.92 Å². The molecule has 5 nitrogen and oxygen atoms in total. The average Bonchev–Trinajstić information content (AvgIpc) is 2.84. The van der Waals surface area contributed by atoms with Gasteiger partial charge in [-0.25, -0.2) is 0 Å². The summed E-state index contributed by atoms with van der Waals surface area (Å²) in [7, 11) is 0. The van der Waals surface area contributed by atoms with Crippen molar-refractivity contribution in [3.63, 3.8) is 0 Å². The Bertz CT molecular complexity index is 338. The third kappa shape index (κ3) is 2.19. The Morgan fingerprint density at radius 3 is 2.56 bits per heavy atom. The molecule has 1 aromatic rings. The standard InChI is InChI=1S/C11H21N5/c1-3-16-10(8-9(2)12)13-14-11(16)15-6-4-5-7-15/h9H,3-8,12H2,1-2H3. The smallest absolute Gasteiger partial charge is 0.227 e. The maximum atomic E-state index is 5.82. The quantitative estimate of drug-likeness (QED) is 0.819. The molecule has 2 heterocycles. The molecule has 2 N–H and O–H groups in total. The van der Waals surface area contributed by atoms with Crippen LogP contribution in [0.1, 0.15) is 32.5 Å². The molecule has 0 radical (unpaired) electrons. The number of aromatic nitrogens is 3. The summed E-state index contributed by atoms with van der Waals surface area (Å²) in [6.07, 6.45) is 3.33. The van der Waals surface area contributed by atoms with Gasteiger partial charge in [-0.1, -0.05) is 0 Å². The zero-order valence-electron chi connectivity index (χ0n) is 10.2. The Labute approximate surface area is 96.6 Å². The van der Waals surface area contributed by atoms with Crippen molar-refractivity contribution in [1.82, 2.24) is 14.8 Å². The second-order valence-electron chi connectivity index (χ2n) is 4.54. The van der Waals surface area contributed by atoms with Crippen LogP contribution in [0.15, 0.2) is 0 Å². The van der Waals surface area contributed by atoms with Crippen LogP contribution in [-0.2, 0) is 13.0 Å². The van der Waals surface area contributed by atoms with Gasteiger partial charge < -0.3 is 10.6 Å². The van der Waals surface area contributed by atoms with Crippen molar-refractivity contribution in [2.75, 3.05) is 18.0 Å². The molecule has 1 aliphatic heterocycles. The third-order valence-corrected chi connectivity index (χ3v) is 3.02. The predicted molar refractivity (Wildman–Crippen MR) is 64.5 cm³/mol. The first-order valence-corrected chi connectivity index (χ1v) is 6.15. The summed E-state index contributed by atoms with van der Waals surface area (Å²) < 4.78 is 2.19. The lowest BCUT2D eigenvalue weighted by Crippen LogP contribution is -2.24. The summed E-state index contributed by atoms with van der Waals surface area (Å²) in [4.78, 5) is 2.32. The first-order valence-electron chi connectivity index (χ1n) is 6.15. The normalized spacial score (nSPS) is 18.1. The molecule has 0 bridgehead atoms. The van der Waals surface area contributed by atoms with Gasteiger partial charge in [0.15, 0.2) is 0 Å². The first kappa shape index (κ1) is 11.4. The van der Waals surface area contributed by atoms with Crippen molar-refractivity contribution in [2.45, 2.75) is 45.7 Å². The molecule has 16 heavy (non-hydrogen) atoms. The molecule has 1 aromatic heterocycles. The fourth-order valence-electron chi connectivity index (χ4n) is 2.24. The van der Waals surface area contributed by atoms with E-state index in [9.17, 15) is 0 Å². The van der Waals surface area contributed by atoms with Gasteiger partial charge in [-0.2, -0.15) is 0 Å². The van der Waals surface area contributed by atoms with Crippen LogP contribution in [0.25, 0.3) is 0 Å². The molecule has 2 rings (SSSR count). The highest BCUT2D eigenvalue weighted by Crippen LogP contribution is 2.19. The van der Waals surface area contributed by atoms with Gasteiger partial charge in [0.25, 0.3) is 0 Å². The van der Waals surface area contributed by atoms with E-state index in [1.54, 1.807) is 0 Å². The largest absolute Gasteiger partial charge is 0.341 e. The van der Waals surface area contributed by atoms with Crippen LogP contribution in [0, 0.1) is 0 Å². The Morgan fingerprint density at radius 2 is 2.00 bits per heavy atom. The van der Waals surface area contributed by atoms with Crippen molar-refractivity contribution in [1.29, 1.82) is 0 Å². The zero-order valence-corrected chi connectivity index (χ0v) is 10.2. The molecule has 1 aliphatic rings. The van der Waals surface area contributed by atoms with E-state index in [0.717, 1.165) is 37.8 Å². The van der Waals surface area contributed by atoms with Crippen molar-refractivity contribution in [3.05, 3.63) is 5.82 Å². The van der Waals surface area contributed by atoms with Gasteiger partial charge in [0.2, 0.25) is 5.95 Å². The van der Waals surface area contributed by atoms with E-state index in [-0.39, 0.29) is 6.04 Å². The summed E-state index contributed by atoms with van der Waals surface area (Å²) in [5.74, 6) is 2.04. The highest BCUT2D eigenvalue weighted by Gasteiger charge is 2.20. The lowest BCUT2D eigenvalue weighted by Gasteiger charge is -2.17. The van der Waals surface area contributed by atoms with Crippen molar-refractivity contribution in [3.8, 4) is 0 Å². The number of hydrogen-bond donors (Lipinski definition) is 1. The fourth-order valence-corrected chi connectivity index (χ4v) is 2.24. The Hall–Kier alpha value is -1.10. The Morgan fingerprint density at radius 1 is 1.31 bits per heavy atom. The molecule has 5 heteroatoms. The predicted octanol–water partition coefficient (Wildman–Crippen LogP) is 0.788. The van der Waals surface area contributed by atoms with Gasteiger partial charge in [0.1, 0.15) is 5.82 Å². The molecule has 1 atom stereocenters. The van der Waals surface area contributed by atoms with E-state index in [1.165, 1.54) is 12.8 Å². The maximum Gasteiger partial charge on any atom is 0.227 e. The van der Waals surface area contributed by atoms with Crippen LogP contribution >= 0.6 is 0 Å². The number of rotatable bonds is 4. The molecule has 90 valence electrons. The van der Waals surface area contributed by atoms with Crippen LogP contribution in [0.2, 0.25) is 0 Å². The number of anilines is 1. The van der Waals surface area contributed by atoms with E-state index < -0.39 is 0 Å². The molecular formula is C11H21N5. The topological polar surface area (TPSA) is 60.0 Å². The van der Waals surface area contributed by atoms with Gasteiger partial charge in [0, 0.05) is 32.1 Å². The highest BCUT2D eigenvalue weighted by molar-refractivity contribution is 5.32. The lowest BCUT2D eigenvalue weighted by molar-refractivity contribution is 0.632. The lowest BCUT2D eigenvalue weighted by atomic mass is 10.2. The molecule has 0 spiro atoms. The van der Waals surface area contributed by atoms with Gasteiger partial charge in [-0.15, -0.1) is 10.2 Å². The van der Waals surface area contributed by atoms with Crippen LogP contribution < -0.4 is 10.6 Å². The van der Waals surface area contributed by atoms with E-state index in [0.29, 0.717) is 0 Å². The van der Waals surface area contributed by atoms with Crippen molar-refractivity contribution in [2.24, 2.45) is 5.73 Å². The van der Waals surface area contributed by atoms with Crippen LogP contribution in [0.4, 0.5) is 5.95 Å². The molecule has 1 unspecified atom stereocenters. The molecular weight excluding hydrogens is 202 g/mol. The average molecular weight is 223 g/mol. The maximum absolute atomic E-state index is 5.82. The molecule has 0 amide bonds. The minimum absolute atomic E-state index is 0.140. The minimum Gasteiger partial charge on any atom is -0.341 e. The van der Waals surface area contributed by atoms with Crippen LogP contribution in [0.3, 0.4) is 0 Å². The van der Waals surface area contributed by atoms with E-state index in [2.05, 4.69) is 26.6 Å². The minimum atomic E-state index is 0.140. The van der Waals surface area contributed by atoms with Gasteiger partial charge in [0.05, 0.1) is 0 Å². The van der Waals surface area contributed by atoms with Gasteiger partial charge in [-0.05, 0) is 26.7 Å². The zero-order chi connectivity index (χ0) is 11.5. The fraction of sp³-hybridized carbons (Fsp3) is 0.818. The van der Waals surface area contributed by atoms with Crippen LogP contribution in [0.5, 0.6) is 0 Å². The van der Waals surface area contributed by atoms with Crippen LogP contribution in [-0.4, -0.2) is 33.9 Å². The summed E-state index contributed by atoms with van der Waals surface area (Å²) in [5.41, 5.74) is 5.82. The number of hydrogen-bond acceptors (Lipinski definition) is 4. The highest BCUT2D eigenvalue weighted by atomic mass is 15.4. The summed E-state index contributed by atoms with van der Waals surface area (Å²) in [5, 5.41) is 8.57. The monoisotopic (exact) mass is 223 g/mol.